The minimum absolute atomic E-state index is 0.233. The van der Waals surface area contributed by atoms with Crippen LogP contribution in [0.4, 0.5) is 0 Å². The third-order valence-corrected chi connectivity index (χ3v) is 4.15. The highest BCUT2D eigenvalue weighted by Crippen LogP contribution is 2.10. The van der Waals surface area contributed by atoms with Crippen molar-refractivity contribution >= 4 is 35.0 Å². The van der Waals surface area contributed by atoms with Gasteiger partial charge in [-0.3, -0.25) is 14.6 Å². The zero-order chi connectivity index (χ0) is 21.1. The molecule has 6 nitrogen and oxygen atoms in total. The third kappa shape index (κ3) is 8.41. The van der Waals surface area contributed by atoms with Crippen molar-refractivity contribution in [1.29, 1.82) is 0 Å². The van der Waals surface area contributed by atoms with Crippen LogP contribution in [0.5, 0.6) is 0 Å². The number of aryl methyl sites for hydroxylation is 2. The van der Waals surface area contributed by atoms with Crippen molar-refractivity contribution in [3.63, 3.8) is 0 Å². The van der Waals surface area contributed by atoms with Crippen LogP contribution in [0.3, 0.4) is 0 Å². The molecular weight excluding hydrogens is 401 g/mol. The summed E-state index contributed by atoms with van der Waals surface area (Å²) in [5.74, 6) is -0.326. The fourth-order valence-electron chi connectivity index (χ4n) is 1.97. The Balaban J connectivity index is 2.38. The highest BCUT2D eigenvalue weighted by atomic mass is 35.5. The van der Waals surface area contributed by atoms with Gasteiger partial charge in [-0.15, -0.1) is 0 Å². The van der Waals surface area contributed by atoms with E-state index >= 15 is 0 Å². The lowest BCUT2D eigenvalue weighted by atomic mass is 10.1. The molecule has 0 unspecified atom stereocenters. The van der Waals surface area contributed by atoms with E-state index in [4.69, 9.17) is 27.9 Å². The van der Waals surface area contributed by atoms with Crippen LogP contribution in [0, 0.1) is 13.8 Å². The Morgan fingerprint density at radius 3 is 2.68 bits per heavy atom. The maximum absolute atomic E-state index is 12.1. The topological polar surface area (TPSA) is 80.3 Å². The normalized spacial score (nSPS) is 11.6. The van der Waals surface area contributed by atoms with E-state index < -0.39 is 5.91 Å². The first-order valence-electron chi connectivity index (χ1n) is 8.38. The van der Waals surface area contributed by atoms with Crippen LogP contribution >= 0.6 is 23.2 Å². The van der Waals surface area contributed by atoms with Crippen molar-refractivity contribution in [2.75, 3.05) is 13.2 Å². The van der Waals surface area contributed by atoms with Crippen LogP contribution in [0.15, 0.2) is 59.6 Å². The molecule has 0 atom stereocenters. The van der Waals surface area contributed by atoms with Crippen LogP contribution in [0.25, 0.3) is 0 Å². The summed E-state index contributed by atoms with van der Waals surface area (Å²) in [5, 5.41) is 5.60. The van der Waals surface area contributed by atoms with E-state index in [0.29, 0.717) is 30.0 Å². The summed E-state index contributed by atoms with van der Waals surface area (Å²) in [6, 6.07) is 1.78. The number of allylic oxidation sites excluding steroid dienone is 3. The van der Waals surface area contributed by atoms with Gasteiger partial charge < -0.3 is 15.4 Å². The maximum Gasteiger partial charge on any atom is 0.262 e. The standard InChI is InChI=1S/C20H23Cl2N3O3/c1-5-18(9-17(22)10-21)28-12-19(26)25-14(3)6-7-23-20(27)16-8-13(2)15(4)24-11-16/h5,8-11H,1,3,6-7,12H2,2,4H3,(H,23,27)(H,25,26)/b17-10-,18-9+. The summed E-state index contributed by atoms with van der Waals surface area (Å²) in [5.41, 5.74) is 3.93. The Morgan fingerprint density at radius 1 is 1.36 bits per heavy atom. The lowest BCUT2D eigenvalue weighted by Crippen LogP contribution is -2.30. The summed E-state index contributed by atoms with van der Waals surface area (Å²) < 4.78 is 5.28. The minimum Gasteiger partial charge on any atom is -0.484 e. The summed E-state index contributed by atoms with van der Waals surface area (Å²) >= 11 is 11.2. The molecule has 0 bridgehead atoms. The van der Waals surface area contributed by atoms with E-state index in [1.807, 2.05) is 13.8 Å². The summed E-state index contributed by atoms with van der Waals surface area (Å²) in [4.78, 5) is 28.2. The number of amides is 2. The van der Waals surface area contributed by atoms with Crippen LogP contribution in [0.1, 0.15) is 28.0 Å². The monoisotopic (exact) mass is 423 g/mol. The molecule has 28 heavy (non-hydrogen) atoms. The summed E-state index contributed by atoms with van der Waals surface area (Å²) in [6.07, 6.45) is 4.74. The van der Waals surface area contributed by atoms with Crippen LogP contribution in [-0.2, 0) is 9.53 Å². The fourth-order valence-corrected chi connectivity index (χ4v) is 2.14. The largest absolute Gasteiger partial charge is 0.484 e. The second-order valence-electron chi connectivity index (χ2n) is 5.82. The molecular formula is C20H23Cl2N3O3. The first kappa shape index (κ1) is 23.5. The highest BCUT2D eigenvalue weighted by molar-refractivity contribution is 6.37. The second kappa shape index (κ2) is 12.0. The maximum atomic E-state index is 12.1. The van der Waals surface area contributed by atoms with E-state index in [0.717, 1.165) is 11.3 Å². The molecule has 1 aromatic rings. The Bertz CT molecular complexity index is 817. The van der Waals surface area contributed by atoms with E-state index in [2.05, 4.69) is 28.8 Å². The molecule has 1 rings (SSSR count). The molecule has 8 heteroatoms. The van der Waals surface area contributed by atoms with Crippen molar-refractivity contribution in [1.82, 2.24) is 15.6 Å². The number of hydrogen-bond acceptors (Lipinski definition) is 4. The average Bonchev–Trinajstić information content (AvgIpc) is 2.66. The van der Waals surface area contributed by atoms with Crippen LogP contribution < -0.4 is 10.6 Å². The number of carbonyl (C=O) groups is 2. The Morgan fingerprint density at radius 2 is 2.07 bits per heavy atom. The summed E-state index contributed by atoms with van der Waals surface area (Å²) in [6.45, 7) is 11.2. The first-order valence-corrected chi connectivity index (χ1v) is 9.20. The first-order chi connectivity index (χ1) is 13.3. The lowest BCUT2D eigenvalue weighted by molar-refractivity contribution is -0.123. The van der Waals surface area contributed by atoms with Crippen molar-refractivity contribution in [3.05, 3.63) is 76.4 Å². The number of hydrogen-bond donors (Lipinski definition) is 2. The quantitative estimate of drug-likeness (QED) is 0.442. The van der Waals surface area contributed by atoms with Gasteiger partial charge in [-0.1, -0.05) is 36.4 Å². The van der Waals surface area contributed by atoms with Gasteiger partial charge in [0.25, 0.3) is 11.8 Å². The Labute approximate surface area is 175 Å². The van der Waals surface area contributed by atoms with Crippen LogP contribution in [0.2, 0.25) is 0 Å². The molecule has 0 aliphatic heterocycles. The molecule has 2 amide bonds. The molecule has 0 saturated heterocycles. The van der Waals surface area contributed by atoms with Crippen molar-refractivity contribution in [2.45, 2.75) is 20.3 Å². The Hall–Kier alpha value is -2.57. The van der Waals surface area contributed by atoms with Crippen molar-refractivity contribution < 1.29 is 14.3 Å². The van der Waals surface area contributed by atoms with Gasteiger partial charge in [-0.05, 0) is 37.6 Å². The van der Waals surface area contributed by atoms with Gasteiger partial charge in [0.2, 0.25) is 0 Å². The van der Waals surface area contributed by atoms with Gasteiger partial charge in [0.15, 0.2) is 6.61 Å². The fraction of sp³-hybridized carbons (Fsp3) is 0.250. The predicted octanol–water partition coefficient (Wildman–Crippen LogP) is 3.85. The molecule has 0 aliphatic rings. The smallest absolute Gasteiger partial charge is 0.262 e. The van der Waals surface area contributed by atoms with E-state index in [1.165, 1.54) is 23.9 Å². The van der Waals surface area contributed by atoms with Crippen molar-refractivity contribution in [2.24, 2.45) is 0 Å². The van der Waals surface area contributed by atoms with E-state index in [-0.39, 0.29) is 17.5 Å². The number of ether oxygens (including phenoxy) is 1. The van der Waals surface area contributed by atoms with Gasteiger partial charge in [-0.2, -0.15) is 0 Å². The average molecular weight is 424 g/mol. The third-order valence-electron chi connectivity index (χ3n) is 3.59. The summed E-state index contributed by atoms with van der Waals surface area (Å²) in [7, 11) is 0. The van der Waals surface area contributed by atoms with E-state index in [1.54, 1.807) is 6.07 Å². The number of nitrogens with zero attached hydrogens (tertiary/aromatic N) is 1. The molecule has 0 saturated carbocycles. The zero-order valence-electron chi connectivity index (χ0n) is 15.9. The molecule has 2 N–H and O–H groups in total. The second-order valence-corrected chi connectivity index (χ2v) is 6.47. The number of halogens is 2. The molecule has 1 aromatic heterocycles. The van der Waals surface area contributed by atoms with Gasteiger partial charge in [-0.25, -0.2) is 0 Å². The highest BCUT2D eigenvalue weighted by Gasteiger charge is 2.09. The zero-order valence-corrected chi connectivity index (χ0v) is 17.4. The molecule has 0 radical (unpaired) electrons. The molecule has 0 spiro atoms. The number of rotatable bonds is 10. The molecule has 1 heterocycles. The van der Waals surface area contributed by atoms with Crippen LogP contribution in [-0.4, -0.2) is 29.9 Å². The van der Waals surface area contributed by atoms with E-state index in [9.17, 15) is 9.59 Å². The molecule has 0 fully saturated rings. The van der Waals surface area contributed by atoms with Gasteiger partial charge in [0, 0.05) is 36.1 Å². The Kier molecular flexibility index (Phi) is 10.1. The van der Waals surface area contributed by atoms with Gasteiger partial charge >= 0.3 is 0 Å². The predicted molar refractivity (Wildman–Crippen MR) is 112 cm³/mol. The minimum atomic E-state index is -0.395. The van der Waals surface area contributed by atoms with Crippen molar-refractivity contribution in [3.8, 4) is 0 Å². The number of pyridine rings is 1. The number of carbonyl (C=O) groups excluding carboxylic acids is 2. The molecule has 150 valence electrons. The number of aromatic nitrogens is 1. The SMILES string of the molecule is C=C/C(=C\C(Cl)=C\Cl)OCC(=O)NC(=C)CCNC(=O)c1cnc(C)c(C)c1. The lowest BCUT2D eigenvalue weighted by Gasteiger charge is -2.11. The number of nitrogens with one attached hydrogen (secondary N) is 2. The van der Waals surface area contributed by atoms with Gasteiger partial charge in [0.1, 0.15) is 5.76 Å². The molecule has 0 aliphatic carbocycles. The van der Waals surface area contributed by atoms with Gasteiger partial charge in [0.05, 0.1) is 10.6 Å². The molecule has 0 aromatic carbocycles.